The molecule has 1 saturated carbocycles. The van der Waals surface area contributed by atoms with Crippen molar-refractivity contribution in [2.24, 2.45) is 35.5 Å². The van der Waals surface area contributed by atoms with E-state index in [1.54, 1.807) is 0 Å². The molecule has 2 aliphatic rings. The third-order valence-electron chi connectivity index (χ3n) is 13.1. The van der Waals surface area contributed by atoms with Crippen LogP contribution in [0.25, 0.3) is 0 Å². The number of methoxy groups -OCH3 is 1. The summed E-state index contributed by atoms with van der Waals surface area (Å²) in [6.45, 7) is 35.9. The SMILES string of the molecule is CCC(=O)C(C[C@@H]1[C@@H]2[C@@H](C=C(C)[C@@H]1C/C=C(\C)CCCO[Si](C)(C)C(C)(C)C)[C@@H](O[Si](C(C)C)(C(C)C)C(C)C)[C@@H](C)[C@@H]2OC(C)=O)C(=O)OC. The van der Waals surface area contributed by atoms with E-state index < -0.39 is 28.5 Å². The van der Waals surface area contributed by atoms with Gasteiger partial charge in [-0.1, -0.05) is 99.5 Å². The summed E-state index contributed by atoms with van der Waals surface area (Å²) in [5.74, 6) is -1.90. The maximum Gasteiger partial charge on any atom is 0.316 e. The first kappa shape index (κ1) is 45.6. The van der Waals surface area contributed by atoms with E-state index in [1.807, 2.05) is 6.92 Å². The van der Waals surface area contributed by atoms with Crippen molar-refractivity contribution in [1.29, 1.82) is 0 Å². The van der Waals surface area contributed by atoms with Crippen molar-refractivity contribution in [3.8, 4) is 0 Å². The largest absolute Gasteiger partial charge is 0.468 e. The number of hydrogen-bond acceptors (Lipinski definition) is 7. The Morgan fingerprint density at radius 1 is 0.961 bits per heavy atom. The zero-order valence-electron chi connectivity index (χ0n) is 35.6. The number of carbonyl (C=O) groups excluding carboxylic acids is 3. The standard InChI is InChI=1S/C42H76O7Si2/c1-18-37(44)35(41(45)46-15)25-34-33(22-21-29(8)20-19-23-47-50(16,17)42(12,13)14)30(9)24-36-38(34)40(48-32(11)43)31(10)39(36)49-51(26(2)3,27(4)5)28(6)7/h21,24,26-28,31,33-36,38-40H,18-20,22-23,25H2,1-17H3/b29-21+/t31-,33+,34+,35?,36-,38-,39+,40+/m1/s1. The smallest absolute Gasteiger partial charge is 0.316 e. The van der Waals surface area contributed by atoms with E-state index >= 15 is 0 Å². The highest BCUT2D eigenvalue weighted by atomic mass is 28.4. The van der Waals surface area contributed by atoms with Crippen LogP contribution in [0.4, 0.5) is 0 Å². The Kier molecular flexibility index (Phi) is 16.7. The monoisotopic (exact) mass is 749 g/mol. The van der Waals surface area contributed by atoms with E-state index in [1.165, 1.54) is 25.2 Å². The van der Waals surface area contributed by atoms with Crippen molar-refractivity contribution in [3.05, 3.63) is 23.3 Å². The number of carbonyl (C=O) groups is 3. The first-order valence-corrected chi connectivity index (χ1v) is 25.0. The molecule has 8 atom stereocenters. The second-order valence-corrected chi connectivity index (χ2v) is 28.5. The Labute approximate surface area is 314 Å². The number of hydrogen-bond donors (Lipinski definition) is 0. The van der Waals surface area contributed by atoms with Gasteiger partial charge in [0, 0.05) is 37.7 Å². The Hall–Kier alpha value is -1.56. The molecule has 1 fully saturated rings. The molecule has 1 unspecified atom stereocenters. The van der Waals surface area contributed by atoms with Crippen LogP contribution in [-0.2, 0) is 32.7 Å². The molecule has 7 nitrogen and oxygen atoms in total. The van der Waals surface area contributed by atoms with E-state index in [9.17, 15) is 14.4 Å². The van der Waals surface area contributed by atoms with Crippen LogP contribution in [0, 0.1) is 35.5 Å². The lowest BCUT2D eigenvalue weighted by Gasteiger charge is -2.47. The molecule has 0 aromatic rings. The van der Waals surface area contributed by atoms with Crippen molar-refractivity contribution in [2.45, 2.75) is 176 Å². The molecule has 51 heavy (non-hydrogen) atoms. The molecule has 0 aromatic heterocycles. The van der Waals surface area contributed by atoms with Crippen molar-refractivity contribution >= 4 is 34.4 Å². The lowest BCUT2D eigenvalue weighted by molar-refractivity contribution is -0.155. The van der Waals surface area contributed by atoms with Crippen molar-refractivity contribution in [2.75, 3.05) is 13.7 Å². The molecule has 0 bridgehead atoms. The summed E-state index contributed by atoms with van der Waals surface area (Å²) in [5.41, 5.74) is 3.78. The van der Waals surface area contributed by atoms with Gasteiger partial charge in [-0.25, -0.2) is 0 Å². The Bertz CT molecular complexity index is 1210. The fourth-order valence-corrected chi connectivity index (χ4v) is 16.1. The molecule has 0 heterocycles. The summed E-state index contributed by atoms with van der Waals surface area (Å²) in [6.07, 6.45) is 7.56. The van der Waals surface area contributed by atoms with Gasteiger partial charge in [0.2, 0.25) is 8.32 Å². The third kappa shape index (κ3) is 10.6. The number of ketones is 1. The Balaban J connectivity index is 2.62. The second-order valence-electron chi connectivity index (χ2n) is 18.3. The van der Waals surface area contributed by atoms with Gasteiger partial charge in [0.15, 0.2) is 8.32 Å². The van der Waals surface area contributed by atoms with Crippen molar-refractivity contribution in [3.63, 3.8) is 0 Å². The number of rotatable bonds is 18. The van der Waals surface area contributed by atoms with Crippen LogP contribution in [0.15, 0.2) is 23.3 Å². The van der Waals surface area contributed by atoms with Crippen LogP contribution >= 0.6 is 0 Å². The van der Waals surface area contributed by atoms with Gasteiger partial charge in [0.1, 0.15) is 17.8 Å². The van der Waals surface area contributed by atoms with Gasteiger partial charge in [0.05, 0.1) is 13.2 Å². The molecule has 0 aliphatic heterocycles. The zero-order valence-corrected chi connectivity index (χ0v) is 37.6. The van der Waals surface area contributed by atoms with Gasteiger partial charge in [-0.05, 0) is 86.1 Å². The molecule has 0 spiro atoms. The minimum atomic E-state index is -2.30. The molecule has 0 aromatic carbocycles. The van der Waals surface area contributed by atoms with Gasteiger partial charge >= 0.3 is 11.9 Å². The quantitative estimate of drug-likeness (QED) is 0.0453. The average molecular weight is 749 g/mol. The molecule has 2 rings (SSSR count). The van der Waals surface area contributed by atoms with Crippen LogP contribution in [0.2, 0.25) is 34.8 Å². The molecule has 0 N–H and O–H groups in total. The molecular weight excluding hydrogens is 673 g/mol. The van der Waals surface area contributed by atoms with E-state index in [0.717, 1.165) is 25.9 Å². The average Bonchev–Trinajstić information content (AvgIpc) is 3.26. The minimum Gasteiger partial charge on any atom is -0.468 e. The predicted octanol–water partition coefficient (Wildman–Crippen LogP) is 10.8. The van der Waals surface area contributed by atoms with Gasteiger partial charge < -0.3 is 18.3 Å². The minimum absolute atomic E-state index is 0.00122. The Morgan fingerprint density at radius 2 is 1.53 bits per heavy atom. The maximum atomic E-state index is 13.4. The normalized spacial score (nSPS) is 26.7. The topological polar surface area (TPSA) is 88.1 Å². The Morgan fingerprint density at radius 3 is 2.00 bits per heavy atom. The van der Waals surface area contributed by atoms with Gasteiger partial charge in [-0.3, -0.25) is 14.4 Å². The number of fused-ring (bicyclic) bond motifs is 1. The first-order valence-electron chi connectivity index (χ1n) is 19.9. The summed E-state index contributed by atoms with van der Waals surface area (Å²) >= 11 is 0. The highest BCUT2D eigenvalue weighted by Gasteiger charge is 2.59. The number of esters is 2. The van der Waals surface area contributed by atoms with Crippen LogP contribution in [0.3, 0.4) is 0 Å². The lowest BCUT2D eigenvalue weighted by Crippen LogP contribution is -2.52. The van der Waals surface area contributed by atoms with Crippen molar-refractivity contribution in [1.82, 2.24) is 0 Å². The molecule has 2 aliphatic carbocycles. The van der Waals surface area contributed by atoms with Crippen LogP contribution in [-0.4, -0.2) is 60.3 Å². The maximum absolute atomic E-state index is 13.4. The number of Topliss-reactive ketones (excluding diaryl/α,β-unsaturated/α-hetero) is 1. The fraction of sp³-hybridized carbons (Fsp3) is 0.833. The van der Waals surface area contributed by atoms with Gasteiger partial charge in [-0.15, -0.1) is 0 Å². The summed E-state index contributed by atoms with van der Waals surface area (Å²) in [7, 11) is -2.73. The van der Waals surface area contributed by atoms with Gasteiger partial charge in [-0.2, -0.15) is 0 Å². The summed E-state index contributed by atoms with van der Waals surface area (Å²) in [5, 5.41) is 0.185. The van der Waals surface area contributed by atoms with E-state index in [-0.39, 0.29) is 65.0 Å². The third-order valence-corrected chi connectivity index (χ3v) is 23.7. The summed E-state index contributed by atoms with van der Waals surface area (Å²) in [4.78, 5) is 39.4. The number of allylic oxidation sites excluding steroid dienone is 3. The molecule has 0 saturated heterocycles. The first-order chi connectivity index (χ1) is 23.5. The molecular formula is C42H76O7Si2. The second kappa shape index (κ2) is 18.7. The lowest BCUT2D eigenvalue weighted by atomic mass is 9.63. The molecule has 0 amide bonds. The highest BCUT2D eigenvalue weighted by molar-refractivity contribution is 6.77. The molecule has 294 valence electrons. The predicted molar refractivity (Wildman–Crippen MR) is 215 cm³/mol. The van der Waals surface area contributed by atoms with Gasteiger partial charge in [0.25, 0.3) is 0 Å². The van der Waals surface area contributed by atoms with E-state index in [2.05, 4.69) is 108 Å². The van der Waals surface area contributed by atoms with Crippen LogP contribution < -0.4 is 0 Å². The van der Waals surface area contributed by atoms with Crippen molar-refractivity contribution < 1.29 is 32.7 Å². The fourth-order valence-electron chi connectivity index (χ4n) is 9.33. The van der Waals surface area contributed by atoms with E-state index in [4.69, 9.17) is 18.3 Å². The van der Waals surface area contributed by atoms with Crippen LogP contribution in [0.1, 0.15) is 129 Å². The van der Waals surface area contributed by atoms with E-state index in [0.29, 0.717) is 23.0 Å². The number of ether oxygens (including phenoxy) is 2. The zero-order chi connectivity index (χ0) is 39.2. The summed E-state index contributed by atoms with van der Waals surface area (Å²) < 4.78 is 25.5. The highest BCUT2D eigenvalue weighted by Crippen LogP contribution is 2.56. The van der Waals surface area contributed by atoms with Crippen LogP contribution in [0.5, 0.6) is 0 Å². The molecule has 0 radical (unpaired) electrons. The summed E-state index contributed by atoms with van der Waals surface area (Å²) in [6, 6.07) is 0. The molecule has 9 heteroatoms.